The van der Waals surface area contributed by atoms with Gasteiger partial charge >= 0.3 is 0 Å². The molecule has 5 rings (SSSR count). The van der Waals surface area contributed by atoms with Crippen LogP contribution in [0.4, 0.5) is 0 Å². The van der Waals surface area contributed by atoms with E-state index in [1.165, 1.54) is 72.1 Å². The molecule has 2 heterocycles. The van der Waals surface area contributed by atoms with E-state index in [0.717, 1.165) is 37.6 Å². The molecular weight excluding hydrogens is 444 g/mol. The minimum atomic E-state index is 0.781. The lowest BCUT2D eigenvalue weighted by Crippen LogP contribution is -2.18. The number of unbranched alkanes of at least 4 members (excludes halogenated alkanes) is 2. The maximum absolute atomic E-state index is 5.94. The van der Waals surface area contributed by atoms with Gasteiger partial charge in [0.25, 0.3) is 0 Å². The predicted octanol–water partition coefficient (Wildman–Crippen LogP) is 7.53. The molecule has 1 saturated heterocycles. The van der Waals surface area contributed by atoms with Gasteiger partial charge in [0.2, 0.25) is 0 Å². The summed E-state index contributed by atoms with van der Waals surface area (Å²) in [6, 6.07) is 26.2. The van der Waals surface area contributed by atoms with Crippen molar-refractivity contribution in [2.75, 3.05) is 26.8 Å². The van der Waals surface area contributed by atoms with E-state index in [2.05, 4.69) is 89.2 Å². The summed E-state index contributed by atoms with van der Waals surface area (Å²) in [6.45, 7) is 7.13. The van der Waals surface area contributed by atoms with Crippen LogP contribution >= 0.6 is 0 Å². The minimum Gasteiger partial charge on any atom is -0.496 e. The van der Waals surface area contributed by atoms with E-state index in [1.54, 1.807) is 7.11 Å². The smallest absolute Gasteiger partial charge is 0.123 e. The van der Waals surface area contributed by atoms with Gasteiger partial charge < -0.3 is 14.0 Å². The number of methoxy groups -OCH3 is 1. The second-order valence-corrected chi connectivity index (χ2v) is 9.88. The fourth-order valence-electron chi connectivity index (χ4n) is 5.27. The van der Waals surface area contributed by atoms with Crippen molar-refractivity contribution in [3.63, 3.8) is 0 Å². The second-order valence-electron chi connectivity index (χ2n) is 9.88. The molecular formula is C32H38N2O2. The molecule has 0 saturated carbocycles. The molecule has 0 N–H and O–H groups in total. The van der Waals surface area contributed by atoms with Crippen LogP contribution in [0.2, 0.25) is 0 Å². The van der Waals surface area contributed by atoms with Gasteiger partial charge in [-0.3, -0.25) is 4.90 Å². The fraction of sp³-hybridized carbons (Fsp3) is 0.375. The van der Waals surface area contributed by atoms with Crippen molar-refractivity contribution in [2.24, 2.45) is 0 Å². The van der Waals surface area contributed by atoms with Gasteiger partial charge in [0.1, 0.15) is 11.5 Å². The van der Waals surface area contributed by atoms with Crippen LogP contribution in [0.25, 0.3) is 22.2 Å². The van der Waals surface area contributed by atoms with Crippen LogP contribution < -0.4 is 9.47 Å². The minimum absolute atomic E-state index is 0.781. The monoisotopic (exact) mass is 482 g/mol. The number of hydrogen-bond donors (Lipinski definition) is 0. The molecule has 1 aliphatic heterocycles. The molecule has 0 unspecified atom stereocenters. The lowest BCUT2D eigenvalue weighted by atomic mass is 10.1. The number of aromatic nitrogens is 1. The Morgan fingerprint density at radius 1 is 0.833 bits per heavy atom. The normalized spacial score (nSPS) is 13.9. The molecule has 3 aromatic carbocycles. The van der Waals surface area contributed by atoms with Gasteiger partial charge in [0.15, 0.2) is 0 Å². The maximum Gasteiger partial charge on any atom is 0.123 e. The third-order valence-electron chi connectivity index (χ3n) is 7.26. The summed E-state index contributed by atoms with van der Waals surface area (Å²) in [6.07, 6.45) is 6.13. The first-order valence-corrected chi connectivity index (χ1v) is 13.4. The second kappa shape index (κ2) is 11.7. The van der Waals surface area contributed by atoms with E-state index in [1.807, 2.05) is 0 Å². The Balaban J connectivity index is 1.41. The van der Waals surface area contributed by atoms with Crippen molar-refractivity contribution < 1.29 is 9.47 Å². The Morgan fingerprint density at radius 3 is 2.42 bits per heavy atom. The van der Waals surface area contributed by atoms with Crippen LogP contribution in [0.5, 0.6) is 11.5 Å². The molecule has 1 fully saturated rings. The first-order chi connectivity index (χ1) is 17.7. The summed E-state index contributed by atoms with van der Waals surface area (Å²) in [5, 5.41) is 1.25. The van der Waals surface area contributed by atoms with Gasteiger partial charge in [0, 0.05) is 35.2 Å². The molecule has 1 aliphatic rings. The molecule has 4 aromatic rings. The van der Waals surface area contributed by atoms with Crippen LogP contribution in [0.3, 0.4) is 0 Å². The van der Waals surface area contributed by atoms with Crippen molar-refractivity contribution in [1.29, 1.82) is 0 Å². The van der Waals surface area contributed by atoms with Crippen molar-refractivity contribution in [3.05, 3.63) is 83.9 Å². The van der Waals surface area contributed by atoms with Crippen molar-refractivity contribution in [2.45, 2.75) is 52.1 Å². The summed E-state index contributed by atoms with van der Waals surface area (Å²) in [5.41, 5.74) is 6.18. The van der Waals surface area contributed by atoms with Crippen LogP contribution in [0, 0.1) is 0 Å². The van der Waals surface area contributed by atoms with Gasteiger partial charge in [0.05, 0.1) is 13.7 Å². The Morgan fingerprint density at radius 2 is 1.64 bits per heavy atom. The van der Waals surface area contributed by atoms with Gasteiger partial charge in [-0.1, -0.05) is 50.1 Å². The number of likely N-dealkylation sites (tertiary alicyclic amines) is 1. The number of benzene rings is 3. The van der Waals surface area contributed by atoms with E-state index in [0.29, 0.717) is 0 Å². The maximum atomic E-state index is 5.94. The SMILES string of the molecule is CCCCCOc1ccc(-c2cc3ccccc3n2Cc2ccc(CN3CCCC3)c(OC)c2)cc1. The fourth-order valence-corrected chi connectivity index (χ4v) is 5.27. The molecule has 188 valence electrons. The van der Waals surface area contributed by atoms with Crippen molar-refractivity contribution in [1.82, 2.24) is 9.47 Å². The topological polar surface area (TPSA) is 26.6 Å². The molecule has 4 heteroatoms. The molecule has 0 amide bonds. The number of hydrogen-bond acceptors (Lipinski definition) is 3. The quantitative estimate of drug-likeness (QED) is 0.207. The summed E-state index contributed by atoms with van der Waals surface area (Å²) in [5.74, 6) is 1.93. The molecule has 1 aromatic heterocycles. The lowest BCUT2D eigenvalue weighted by molar-refractivity contribution is 0.306. The zero-order chi connectivity index (χ0) is 24.7. The molecule has 0 spiro atoms. The van der Waals surface area contributed by atoms with Gasteiger partial charge in [-0.2, -0.15) is 0 Å². The zero-order valence-electron chi connectivity index (χ0n) is 21.7. The Hall–Kier alpha value is -3.24. The number of rotatable bonds is 11. The van der Waals surface area contributed by atoms with Gasteiger partial charge in [-0.25, -0.2) is 0 Å². The summed E-state index contributed by atoms with van der Waals surface area (Å²) in [7, 11) is 1.79. The highest BCUT2D eigenvalue weighted by molar-refractivity contribution is 5.87. The Labute approximate surface area is 215 Å². The van der Waals surface area contributed by atoms with Crippen LogP contribution in [0.1, 0.15) is 50.2 Å². The van der Waals surface area contributed by atoms with Crippen molar-refractivity contribution in [3.8, 4) is 22.8 Å². The molecule has 0 atom stereocenters. The van der Waals surface area contributed by atoms with Gasteiger partial charge in [-0.15, -0.1) is 0 Å². The highest BCUT2D eigenvalue weighted by Gasteiger charge is 2.16. The zero-order valence-corrected chi connectivity index (χ0v) is 21.7. The third-order valence-corrected chi connectivity index (χ3v) is 7.26. The van der Waals surface area contributed by atoms with Crippen LogP contribution in [0.15, 0.2) is 72.8 Å². The Bertz CT molecular complexity index is 1270. The van der Waals surface area contributed by atoms with Crippen molar-refractivity contribution >= 4 is 10.9 Å². The molecule has 0 aliphatic carbocycles. The highest BCUT2D eigenvalue weighted by atomic mass is 16.5. The number of ether oxygens (including phenoxy) is 2. The van der Waals surface area contributed by atoms with E-state index < -0.39 is 0 Å². The van der Waals surface area contributed by atoms with E-state index >= 15 is 0 Å². The third kappa shape index (κ3) is 5.60. The highest BCUT2D eigenvalue weighted by Crippen LogP contribution is 2.31. The van der Waals surface area contributed by atoms with E-state index in [4.69, 9.17) is 9.47 Å². The number of para-hydroxylation sites is 1. The molecule has 0 bridgehead atoms. The molecule has 0 radical (unpaired) electrons. The average Bonchev–Trinajstić information content (AvgIpc) is 3.56. The lowest BCUT2D eigenvalue weighted by Gasteiger charge is -2.18. The van der Waals surface area contributed by atoms with E-state index in [-0.39, 0.29) is 0 Å². The summed E-state index contributed by atoms with van der Waals surface area (Å²) < 4.78 is 14.2. The van der Waals surface area contributed by atoms with E-state index in [9.17, 15) is 0 Å². The van der Waals surface area contributed by atoms with Crippen LogP contribution in [-0.4, -0.2) is 36.3 Å². The summed E-state index contributed by atoms with van der Waals surface area (Å²) in [4.78, 5) is 2.52. The standard InChI is InChI=1S/C32H38N2O2/c1-3-4-9-20-36-29-16-14-26(15-17-29)31-22-27-10-5-6-11-30(27)34(31)23-25-12-13-28(32(21-25)35-2)24-33-18-7-8-19-33/h5-6,10-17,21-22H,3-4,7-9,18-20,23-24H2,1-2H3. The van der Waals surface area contributed by atoms with Crippen LogP contribution in [-0.2, 0) is 13.1 Å². The average molecular weight is 483 g/mol. The first-order valence-electron chi connectivity index (χ1n) is 13.4. The Kier molecular flexibility index (Phi) is 7.92. The largest absolute Gasteiger partial charge is 0.496 e. The number of fused-ring (bicyclic) bond motifs is 1. The molecule has 36 heavy (non-hydrogen) atoms. The predicted molar refractivity (Wildman–Crippen MR) is 149 cm³/mol. The van der Waals surface area contributed by atoms with Gasteiger partial charge in [-0.05, 0) is 85.9 Å². The summed E-state index contributed by atoms with van der Waals surface area (Å²) >= 11 is 0. The molecule has 4 nitrogen and oxygen atoms in total. The number of nitrogens with zero attached hydrogens (tertiary/aromatic N) is 2. The first kappa shape index (κ1) is 24.5.